The van der Waals surface area contributed by atoms with Crippen molar-refractivity contribution in [2.75, 3.05) is 11.4 Å². The van der Waals surface area contributed by atoms with Crippen molar-refractivity contribution in [2.45, 2.75) is 32.2 Å². The predicted octanol–water partition coefficient (Wildman–Crippen LogP) is 1.15. The van der Waals surface area contributed by atoms with Gasteiger partial charge in [0.2, 0.25) is 0 Å². The van der Waals surface area contributed by atoms with E-state index >= 15 is 0 Å². The van der Waals surface area contributed by atoms with Gasteiger partial charge in [-0.25, -0.2) is 5.10 Å². The van der Waals surface area contributed by atoms with Crippen molar-refractivity contribution < 1.29 is 0 Å². The van der Waals surface area contributed by atoms with E-state index in [1.54, 1.807) is 6.07 Å². The highest BCUT2D eigenvalue weighted by molar-refractivity contribution is 5.38. The maximum Gasteiger partial charge on any atom is 0.264 e. The Morgan fingerprint density at radius 2 is 2.36 bits per heavy atom. The predicted molar refractivity (Wildman–Crippen MR) is 55.5 cm³/mol. The van der Waals surface area contributed by atoms with Crippen LogP contribution in [0.4, 0.5) is 5.82 Å². The molecule has 2 rings (SSSR count). The number of nitrogens with zero attached hydrogens (tertiary/aromatic N) is 2. The molecule has 2 heterocycles. The molecule has 0 spiro atoms. The first-order valence-corrected chi connectivity index (χ1v) is 5.10. The Hall–Kier alpha value is -1.32. The molecule has 76 valence electrons. The number of rotatable bonds is 1. The Bertz CT molecular complexity index is 340. The summed E-state index contributed by atoms with van der Waals surface area (Å²) in [6.45, 7) is 3.24. The largest absolute Gasteiger partial charge is 0.352 e. The van der Waals surface area contributed by atoms with Crippen LogP contribution in [0.2, 0.25) is 0 Å². The third-order valence-corrected chi connectivity index (χ3v) is 2.76. The first-order chi connectivity index (χ1) is 6.77. The lowest BCUT2D eigenvalue weighted by molar-refractivity contribution is 0.479. The quantitative estimate of drug-likeness (QED) is 0.727. The molecule has 0 aliphatic carbocycles. The summed E-state index contributed by atoms with van der Waals surface area (Å²) in [5.74, 6) is 0.886. The van der Waals surface area contributed by atoms with Crippen LogP contribution in [0.15, 0.2) is 16.9 Å². The van der Waals surface area contributed by atoms with Crippen LogP contribution in [0.3, 0.4) is 0 Å². The van der Waals surface area contributed by atoms with Crippen LogP contribution in [0.25, 0.3) is 0 Å². The number of anilines is 1. The van der Waals surface area contributed by atoms with E-state index in [4.69, 9.17) is 0 Å². The highest BCUT2D eigenvalue weighted by Crippen LogP contribution is 2.21. The molecule has 4 heteroatoms. The van der Waals surface area contributed by atoms with Gasteiger partial charge in [-0.2, -0.15) is 5.10 Å². The van der Waals surface area contributed by atoms with Crippen molar-refractivity contribution in [2.24, 2.45) is 0 Å². The molecule has 1 aromatic rings. The molecule has 0 amide bonds. The molecule has 0 aromatic carbocycles. The van der Waals surface area contributed by atoms with Gasteiger partial charge in [-0.3, -0.25) is 4.79 Å². The van der Waals surface area contributed by atoms with Gasteiger partial charge >= 0.3 is 0 Å². The van der Waals surface area contributed by atoms with Gasteiger partial charge in [0.1, 0.15) is 5.82 Å². The number of nitrogens with one attached hydrogen (secondary N) is 1. The Labute approximate surface area is 82.9 Å². The number of H-pyrrole nitrogens is 1. The second-order valence-electron chi connectivity index (χ2n) is 3.82. The van der Waals surface area contributed by atoms with Crippen molar-refractivity contribution in [3.05, 3.63) is 22.5 Å². The van der Waals surface area contributed by atoms with Crippen molar-refractivity contribution in [1.82, 2.24) is 10.2 Å². The van der Waals surface area contributed by atoms with E-state index in [0.29, 0.717) is 6.04 Å². The molecule has 4 nitrogen and oxygen atoms in total. The van der Waals surface area contributed by atoms with Gasteiger partial charge in [-0.1, -0.05) is 0 Å². The minimum Gasteiger partial charge on any atom is -0.352 e. The monoisotopic (exact) mass is 193 g/mol. The average molecular weight is 193 g/mol. The van der Waals surface area contributed by atoms with Crippen LogP contribution >= 0.6 is 0 Å². The van der Waals surface area contributed by atoms with E-state index in [0.717, 1.165) is 12.4 Å². The second-order valence-corrected chi connectivity index (χ2v) is 3.82. The Morgan fingerprint density at radius 3 is 3.00 bits per heavy atom. The number of aromatic amines is 1. The van der Waals surface area contributed by atoms with Gasteiger partial charge in [-0.05, 0) is 32.3 Å². The summed E-state index contributed by atoms with van der Waals surface area (Å²) in [6.07, 6.45) is 3.72. The average Bonchev–Trinajstić information content (AvgIpc) is 2.20. The third kappa shape index (κ3) is 1.78. The molecule has 1 aliphatic heterocycles. The van der Waals surface area contributed by atoms with Crippen LogP contribution in [0.1, 0.15) is 26.2 Å². The van der Waals surface area contributed by atoms with Crippen molar-refractivity contribution in [3.8, 4) is 0 Å². The fourth-order valence-electron chi connectivity index (χ4n) is 1.94. The van der Waals surface area contributed by atoms with Crippen LogP contribution in [-0.4, -0.2) is 22.8 Å². The first-order valence-electron chi connectivity index (χ1n) is 5.10. The van der Waals surface area contributed by atoms with Crippen molar-refractivity contribution in [3.63, 3.8) is 0 Å². The summed E-state index contributed by atoms with van der Waals surface area (Å²) in [7, 11) is 0. The van der Waals surface area contributed by atoms with Crippen molar-refractivity contribution in [1.29, 1.82) is 0 Å². The van der Waals surface area contributed by atoms with Crippen molar-refractivity contribution >= 4 is 5.82 Å². The van der Waals surface area contributed by atoms with Crippen LogP contribution in [0.5, 0.6) is 0 Å². The molecular formula is C10H15N3O. The summed E-state index contributed by atoms with van der Waals surface area (Å²) in [4.78, 5) is 13.1. The molecule has 1 aromatic heterocycles. The van der Waals surface area contributed by atoms with E-state index < -0.39 is 0 Å². The normalized spacial score (nSPS) is 22.4. The summed E-state index contributed by atoms with van der Waals surface area (Å²) in [6, 6.07) is 3.85. The summed E-state index contributed by atoms with van der Waals surface area (Å²) in [5.41, 5.74) is -0.140. The second kappa shape index (κ2) is 3.82. The smallest absolute Gasteiger partial charge is 0.264 e. The standard InChI is InChI=1S/C10H15N3O/c1-8-4-2-3-7-13(8)9-5-6-10(14)12-11-9/h5-6,8H,2-4,7H2,1H3,(H,12,14)/t8-/m1/s1. The van der Waals surface area contributed by atoms with Gasteiger partial charge in [0, 0.05) is 18.7 Å². The molecule has 1 fully saturated rings. The number of aromatic nitrogens is 2. The van der Waals surface area contributed by atoms with Gasteiger partial charge in [0.15, 0.2) is 0 Å². The minimum absolute atomic E-state index is 0.140. The molecule has 1 aliphatic rings. The van der Waals surface area contributed by atoms with E-state index in [-0.39, 0.29) is 5.56 Å². The molecule has 0 unspecified atom stereocenters. The fraction of sp³-hybridized carbons (Fsp3) is 0.600. The Morgan fingerprint density at radius 1 is 1.50 bits per heavy atom. The molecule has 1 atom stereocenters. The third-order valence-electron chi connectivity index (χ3n) is 2.76. The summed E-state index contributed by atoms with van der Waals surface area (Å²) >= 11 is 0. The molecular weight excluding hydrogens is 178 g/mol. The van der Waals surface area contributed by atoms with Gasteiger partial charge < -0.3 is 4.90 Å². The van der Waals surface area contributed by atoms with E-state index in [9.17, 15) is 4.79 Å². The number of hydrogen-bond donors (Lipinski definition) is 1. The van der Waals surface area contributed by atoms with Gasteiger partial charge in [0.05, 0.1) is 0 Å². The van der Waals surface area contributed by atoms with Gasteiger partial charge in [-0.15, -0.1) is 0 Å². The molecule has 1 saturated heterocycles. The maximum atomic E-state index is 10.8. The SMILES string of the molecule is C[C@@H]1CCCCN1c1ccc(=O)[nH]n1. The van der Waals surface area contributed by atoms with Gasteiger partial charge in [0.25, 0.3) is 5.56 Å². The molecule has 0 saturated carbocycles. The lowest BCUT2D eigenvalue weighted by atomic mass is 10.0. The lowest BCUT2D eigenvalue weighted by Gasteiger charge is -2.33. The van der Waals surface area contributed by atoms with E-state index in [1.165, 1.54) is 25.3 Å². The Kier molecular flexibility index (Phi) is 2.52. The topological polar surface area (TPSA) is 49.0 Å². The van der Waals surface area contributed by atoms with Crippen LogP contribution in [-0.2, 0) is 0 Å². The zero-order valence-electron chi connectivity index (χ0n) is 8.36. The molecule has 0 bridgehead atoms. The van der Waals surface area contributed by atoms with Crippen LogP contribution < -0.4 is 10.5 Å². The highest BCUT2D eigenvalue weighted by Gasteiger charge is 2.19. The molecule has 0 radical (unpaired) electrons. The van der Waals surface area contributed by atoms with E-state index in [2.05, 4.69) is 22.0 Å². The summed E-state index contributed by atoms with van der Waals surface area (Å²) < 4.78 is 0. The fourth-order valence-corrected chi connectivity index (χ4v) is 1.94. The van der Waals surface area contributed by atoms with Crippen LogP contribution in [0, 0.1) is 0 Å². The zero-order chi connectivity index (χ0) is 9.97. The minimum atomic E-state index is -0.140. The summed E-state index contributed by atoms with van der Waals surface area (Å²) in [5, 5.41) is 6.51. The molecule has 14 heavy (non-hydrogen) atoms. The lowest BCUT2D eigenvalue weighted by Crippen LogP contribution is -2.38. The molecule has 1 N–H and O–H groups in total. The highest BCUT2D eigenvalue weighted by atomic mass is 16.1. The Balaban J connectivity index is 2.20. The number of piperidine rings is 1. The first kappa shape index (κ1) is 9.24. The number of hydrogen-bond acceptors (Lipinski definition) is 3. The zero-order valence-corrected chi connectivity index (χ0v) is 8.36. The van der Waals surface area contributed by atoms with E-state index in [1.807, 2.05) is 0 Å². The maximum absolute atomic E-state index is 10.8.